The molecular formula is C12H17N3O2S. The van der Waals surface area contributed by atoms with Gasteiger partial charge >= 0.3 is 0 Å². The Hall–Kier alpha value is -1.58. The predicted octanol–water partition coefficient (Wildman–Crippen LogP) is 0.956. The van der Waals surface area contributed by atoms with Gasteiger partial charge in [-0.2, -0.15) is 5.26 Å². The van der Waals surface area contributed by atoms with E-state index in [-0.39, 0.29) is 0 Å². The molecule has 1 N–H and O–H groups in total. The monoisotopic (exact) mass is 267 g/mol. The first kappa shape index (κ1) is 14.5. The van der Waals surface area contributed by atoms with Crippen molar-refractivity contribution < 1.29 is 8.42 Å². The Morgan fingerprint density at radius 2 is 2.00 bits per heavy atom. The molecule has 0 aliphatic rings. The van der Waals surface area contributed by atoms with Gasteiger partial charge in [0.2, 0.25) is 10.0 Å². The Morgan fingerprint density at radius 1 is 1.33 bits per heavy atom. The van der Waals surface area contributed by atoms with E-state index in [0.717, 1.165) is 12.2 Å². The quantitative estimate of drug-likeness (QED) is 0.747. The first-order valence-electron chi connectivity index (χ1n) is 5.65. The van der Waals surface area contributed by atoms with Crippen molar-refractivity contribution in [2.75, 3.05) is 30.8 Å². The van der Waals surface area contributed by atoms with E-state index in [0.29, 0.717) is 13.0 Å². The van der Waals surface area contributed by atoms with Gasteiger partial charge in [-0.25, -0.2) is 13.1 Å². The summed E-state index contributed by atoms with van der Waals surface area (Å²) in [5.41, 5.74) is 1.09. The van der Waals surface area contributed by atoms with E-state index in [4.69, 9.17) is 5.26 Å². The highest BCUT2D eigenvalue weighted by Crippen LogP contribution is 2.10. The Bertz CT molecular complexity index is 494. The van der Waals surface area contributed by atoms with Crippen molar-refractivity contribution in [3.05, 3.63) is 30.3 Å². The van der Waals surface area contributed by atoms with Gasteiger partial charge in [-0.05, 0) is 18.6 Å². The zero-order valence-corrected chi connectivity index (χ0v) is 11.2. The molecule has 1 aromatic rings. The SMILES string of the molecule is CN(CCCNS(=O)(=O)CC#N)c1ccccc1. The number of anilines is 1. The molecule has 0 saturated carbocycles. The van der Waals surface area contributed by atoms with Crippen molar-refractivity contribution in [3.8, 4) is 6.07 Å². The van der Waals surface area contributed by atoms with Crippen LogP contribution in [0.5, 0.6) is 0 Å². The zero-order valence-electron chi connectivity index (χ0n) is 10.3. The van der Waals surface area contributed by atoms with Crippen LogP contribution in [0, 0.1) is 11.3 Å². The average Bonchev–Trinajstić information content (AvgIpc) is 2.35. The second kappa shape index (κ2) is 6.99. The number of nitrogens with zero attached hydrogens (tertiary/aromatic N) is 2. The number of hydrogen-bond donors (Lipinski definition) is 1. The van der Waals surface area contributed by atoms with E-state index < -0.39 is 15.8 Å². The molecule has 0 spiro atoms. The highest BCUT2D eigenvalue weighted by Gasteiger charge is 2.08. The number of sulfonamides is 1. The second-order valence-electron chi connectivity index (χ2n) is 3.92. The summed E-state index contributed by atoms with van der Waals surface area (Å²) in [5, 5.41) is 8.32. The molecule has 0 heterocycles. The fraction of sp³-hybridized carbons (Fsp3) is 0.417. The minimum atomic E-state index is -3.42. The third-order valence-electron chi connectivity index (χ3n) is 2.44. The van der Waals surface area contributed by atoms with E-state index in [1.54, 1.807) is 6.07 Å². The molecule has 0 unspecified atom stereocenters. The number of rotatable bonds is 7. The van der Waals surface area contributed by atoms with Crippen LogP contribution in [0.2, 0.25) is 0 Å². The maximum Gasteiger partial charge on any atom is 0.225 e. The first-order valence-corrected chi connectivity index (χ1v) is 7.31. The molecular weight excluding hydrogens is 250 g/mol. The third-order valence-corrected chi connectivity index (χ3v) is 3.60. The number of nitrogens with one attached hydrogen (secondary N) is 1. The standard InChI is InChI=1S/C12H17N3O2S/c1-15(12-6-3-2-4-7-12)10-5-9-14-18(16,17)11-8-13/h2-4,6-7,14H,5,9-11H2,1H3. The highest BCUT2D eigenvalue weighted by molar-refractivity contribution is 7.89. The molecule has 6 heteroatoms. The summed E-state index contributed by atoms with van der Waals surface area (Å²) < 4.78 is 24.8. The molecule has 0 fully saturated rings. The maximum atomic E-state index is 11.2. The first-order chi connectivity index (χ1) is 8.55. The van der Waals surface area contributed by atoms with Crippen LogP contribution in [0.3, 0.4) is 0 Å². The fourth-order valence-corrected chi connectivity index (χ4v) is 2.22. The van der Waals surface area contributed by atoms with Gasteiger partial charge in [-0.3, -0.25) is 0 Å². The molecule has 0 bridgehead atoms. The highest BCUT2D eigenvalue weighted by atomic mass is 32.2. The molecule has 1 rings (SSSR count). The van der Waals surface area contributed by atoms with Crippen LogP contribution in [-0.2, 0) is 10.0 Å². The minimum Gasteiger partial charge on any atom is -0.375 e. The molecule has 0 radical (unpaired) electrons. The van der Waals surface area contributed by atoms with Crippen LogP contribution in [0.1, 0.15) is 6.42 Å². The number of hydrogen-bond acceptors (Lipinski definition) is 4. The fourth-order valence-electron chi connectivity index (χ4n) is 1.49. The van der Waals surface area contributed by atoms with E-state index in [9.17, 15) is 8.42 Å². The molecule has 98 valence electrons. The number of para-hydroxylation sites is 1. The van der Waals surface area contributed by atoms with E-state index in [1.165, 1.54) is 0 Å². The van der Waals surface area contributed by atoms with Gasteiger partial charge in [-0.1, -0.05) is 18.2 Å². The molecule has 0 atom stereocenters. The smallest absolute Gasteiger partial charge is 0.225 e. The summed E-state index contributed by atoms with van der Waals surface area (Å²) >= 11 is 0. The summed E-state index contributed by atoms with van der Waals surface area (Å²) in [5.74, 6) is -0.485. The van der Waals surface area contributed by atoms with Gasteiger partial charge in [-0.15, -0.1) is 0 Å². The second-order valence-corrected chi connectivity index (χ2v) is 5.73. The summed E-state index contributed by atoms with van der Waals surface area (Å²) in [6.07, 6.45) is 0.691. The normalized spacial score (nSPS) is 10.9. The van der Waals surface area contributed by atoms with E-state index >= 15 is 0 Å². The molecule has 0 aliphatic heterocycles. The lowest BCUT2D eigenvalue weighted by molar-refractivity contribution is 0.582. The van der Waals surface area contributed by atoms with Crippen molar-refractivity contribution in [1.29, 1.82) is 5.26 Å². The van der Waals surface area contributed by atoms with E-state index in [1.807, 2.05) is 37.4 Å². The van der Waals surface area contributed by atoms with Gasteiger partial charge in [0.15, 0.2) is 5.75 Å². The lowest BCUT2D eigenvalue weighted by Gasteiger charge is -2.19. The number of benzene rings is 1. The van der Waals surface area contributed by atoms with Crippen LogP contribution in [0.4, 0.5) is 5.69 Å². The average molecular weight is 267 g/mol. The Labute approximate surface area is 108 Å². The van der Waals surface area contributed by atoms with Gasteiger partial charge in [0.1, 0.15) is 0 Å². The topological polar surface area (TPSA) is 73.2 Å². The van der Waals surface area contributed by atoms with Crippen molar-refractivity contribution in [1.82, 2.24) is 4.72 Å². The molecule has 0 aliphatic carbocycles. The van der Waals surface area contributed by atoms with Crippen LogP contribution in [0.25, 0.3) is 0 Å². The van der Waals surface area contributed by atoms with Gasteiger partial charge in [0.25, 0.3) is 0 Å². The third kappa shape index (κ3) is 5.17. The Morgan fingerprint density at radius 3 is 2.61 bits per heavy atom. The molecule has 0 saturated heterocycles. The molecule has 0 aromatic heterocycles. The Balaban J connectivity index is 2.29. The summed E-state index contributed by atoms with van der Waals surface area (Å²) in [6.45, 7) is 1.10. The van der Waals surface area contributed by atoms with Gasteiger partial charge < -0.3 is 4.90 Å². The predicted molar refractivity (Wildman–Crippen MR) is 71.7 cm³/mol. The summed E-state index contributed by atoms with van der Waals surface area (Å²) in [7, 11) is -1.47. The van der Waals surface area contributed by atoms with Gasteiger partial charge in [0, 0.05) is 25.8 Å². The van der Waals surface area contributed by atoms with Crippen LogP contribution < -0.4 is 9.62 Å². The van der Waals surface area contributed by atoms with Crippen LogP contribution >= 0.6 is 0 Å². The maximum absolute atomic E-state index is 11.2. The molecule has 5 nitrogen and oxygen atoms in total. The Kier molecular flexibility index (Phi) is 5.62. The van der Waals surface area contributed by atoms with Crippen molar-refractivity contribution in [3.63, 3.8) is 0 Å². The van der Waals surface area contributed by atoms with Crippen LogP contribution in [0.15, 0.2) is 30.3 Å². The minimum absolute atomic E-state index is 0.348. The van der Waals surface area contributed by atoms with Crippen molar-refractivity contribution in [2.45, 2.75) is 6.42 Å². The van der Waals surface area contributed by atoms with Crippen LogP contribution in [-0.4, -0.2) is 34.3 Å². The zero-order chi connectivity index (χ0) is 13.4. The summed E-state index contributed by atoms with van der Waals surface area (Å²) in [6, 6.07) is 11.5. The lowest BCUT2D eigenvalue weighted by Crippen LogP contribution is -2.29. The van der Waals surface area contributed by atoms with Gasteiger partial charge in [0.05, 0.1) is 6.07 Å². The summed E-state index contributed by atoms with van der Waals surface area (Å²) in [4.78, 5) is 2.05. The van der Waals surface area contributed by atoms with Crippen molar-refractivity contribution >= 4 is 15.7 Å². The van der Waals surface area contributed by atoms with Crippen molar-refractivity contribution in [2.24, 2.45) is 0 Å². The number of nitriles is 1. The molecule has 1 aromatic carbocycles. The molecule has 18 heavy (non-hydrogen) atoms. The van der Waals surface area contributed by atoms with E-state index in [2.05, 4.69) is 9.62 Å². The molecule has 0 amide bonds. The largest absolute Gasteiger partial charge is 0.375 e. The lowest BCUT2D eigenvalue weighted by atomic mass is 10.3.